The standard InChI is InChI=1S/C26H22N4O4/c1-3-15-10-11-16-20(13-15)34-26(33)17-7-6-8-18(27)21(17)23(31)25(16,26)29-24(32)22-19-9-4-5-12-30(19)14(2)28-22/h4-13,33H,3,27H2,1-2H3,(H,29,32). The van der Waals surface area contributed by atoms with Crippen molar-refractivity contribution < 1.29 is 19.4 Å². The number of nitrogen functional groups attached to an aromatic ring is 1. The summed E-state index contributed by atoms with van der Waals surface area (Å²) < 4.78 is 7.87. The number of carbonyl (C=O) groups excluding carboxylic acids is 2. The number of ether oxygens (including phenoxy) is 1. The summed E-state index contributed by atoms with van der Waals surface area (Å²) in [7, 11) is 0. The summed E-state index contributed by atoms with van der Waals surface area (Å²) in [5.41, 5.74) is 6.88. The van der Waals surface area contributed by atoms with Crippen LogP contribution in [0.25, 0.3) is 5.52 Å². The van der Waals surface area contributed by atoms with E-state index in [1.54, 1.807) is 60.0 Å². The Morgan fingerprint density at radius 2 is 2.00 bits per heavy atom. The molecule has 2 unspecified atom stereocenters. The molecule has 2 atom stereocenters. The van der Waals surface area contributed by atoms with Crippen LogP contribution in [-0.4, -0.2) is 26.2 Å². The third-order valence-corrected chi connectivity index (χ3v) is 6.89. The van der Waals surface area contributed by atoms with Gasteiger partial charge in [-0.15, -0.1) is 0 Å². The van der Waals surface area contributed by atoms with E-state index in [0.717, 1.165) is 12.0 Å². The number of hydrogen-bond acceptors (Lipinski definition) is 6. The zero-order valence-corrected chi connectivity index (χ0v) is 18.6. The minimum atomic E-state index is -2.16. The molecule has 0 fully saturated rings. The Labute approximate surface area is 195 Å². The number of amides is 1. The van der Waals surface area contributed by atoms with Crippen LogP contribution in [0.1, 0.15) is 50.3 Å². The van der Waals surface area contributed by atoms with Crippen molar-refractivity contribution in [3.8, 4) is 5.75 Å². The van der Waals surface area contributed by atoms with Gasteiger partial charge in [-0.3, -0.25) is 9.59 Å². The summed E-state index contributed by atoms with van der Waals surface area (Å²) in [6.07, 6.45) is 2.55. The highest BCUT2D eigenvalue weighted by Crippen LogP contribution is 2.59. The lowest BCUT2D eigenvalue weighted by molar-refractivity contribution is -0.169. The van der Waals surface area contributed by atoms with Crippen LogP contribution in [0.5, 0.6) is 5.75 Å². The number of aromatic nitrogens is 2. The van der Waals surface area contributed by atoms with Gasteiger partial charge in [-0.05, 0) is 43.2 Å². The van der Waals surface area contributed by atoms with E-state index in [-0.39, 0.29) is 22.5 Å². The van der Waals surface area contributed by atoms with E-state index in [0.29, 0.717) is 22.7 Å². The number of aliphatic hydroxyl groups is 1. The number of Topliss-reactive ketones (excluding diaryl/α,β-unsaturated/α-hetero) is 1. The van der Waals surface area contributed by atoms with Crippen LogP contribution < -0.4 is 15.8 Å². The predicted molar refractivity (Wildman–Crippen MR) is 125 cm³/mol. The van der Waals surface area contributed by atoms with Gasteiger partial charge in [0.25, 0.3) is 11.7 Å². The lowest BCUT2D eigenvalue weighted by Gasteiger charge is -2.34. The first-order valence-corrected chi connectivity index (χ1v) is 11.1. The molecule has 3 heterocycles. The summed E-state index contributed by atoms with van der Waals surface area (Å²) in [5.74, 6) is -2.33. The van der Waals surface area contributed by atoms with E-state index < -0.39 is 23.0 Å². The number of hydrogen-bond donors (Lipinski definition) is 3. The van der Waals surface area contributed by atoms with E-state index in [9.17, 15) is 14.7 Å². The lowest BCUT2D eigenvalue weighted by Crippen LogP contribution is -2.60. The van der Waals surface area contributed by atoms with E-state index in [1.807, 2.05) is 19.1 Å². The quantitative estimate of drug-likeness (QED) is 0.410. The highest BCUT2D eigenvalue weighted by Gasteiger charge is 2.72. The second kappa shape index (κ2) is 6.68. The number of carbonyl (C=O) groups is 2. The number of rotatable bonds is 3. The van der Waals surface area contributed by atoms with Crippen molar-refractivity contribution >= 4 is 22.9 Å². The van der Waals surface area contributed by atoms with Crippen molar-refractivity contribution in [2.75, 3.05) is 5.73 Å². The van der Waals surface area contributed by atoms with Gasteiger partial charge >= 0.3 is 0 Å². The molecule has 170 valence electrons. The number of nitrogens with two attached hydrogens (primary N) is 1. The van der Waals surface area contributed by atoms with Gasteiger partial charge in [0.1, 0.15) is 11.6 Å². The maximum atomic E-state index is 14.0. The molecule has 4 N–H and O–H groups in total. The molecule has 2 aromatic heterocycles. The Hall–Kier alpha value is -4.17. The first-order chi connectivity index (χ1) is 16.3. The van der Waals surface area contributed by atoms with Gasteiger partial charge in [0.2, 0.25) is 11.3 Å². The molecule has 6 rings (SSSR count). The minimum absolute atomic E-state index is 0.140. The Kier molecular flexibility index (Phi) is 4.01. The number of nitrogens with one attached hydrogen (secondary N) is 1. The molecule has 1 amide bonds. The zero-order valence-electron chi connectivity index (χ0n) is 18.6. The maximum Gasteiger partial charge on any atom is 0.273 e. The molecular formula is C26H22N4O4. The maximum absolute atomic E-state index is 14.0. The van der Waals surface area contributed by atoms with Crippen molar-refractivity contribution in [1.82, 2.24) is 14.7 Å². The summed E-state index contributed by atoms with van der Waals surface area (Å²) in [4.78, 5) is 32.1. The molecule has 0 saturated heterocycles. The molecule has 0 spiro atoms. The smallest absolute Gasteiger partial charge is 0.273 e. The van der Waals surface area contributed by atoms with Crippen LogP contribution in [0.2, 0.25) is 0 Å². The Balaban J connectivity index is 1.58. The molecule has 0 radical (unpaired) electrons. The molecule has 4 aromatic rings. The van der Waals surface area contributed by atoms with E-state index in [4.69, 9.17) is 10.5 Å². The van der Waals surface area contributed by atoms with Gasteiger partial charge < -0.3 is 25.3 Å². The van der Waals surface area contributed by atoms with Gasteiger partial charge in [-0.25, -0.2) is 4.98 Å². The number of aryl methyl sites for hydroxylation is 2. The van der Waals surface area contributed by atoms with Crippen molar-refractivity contribution in [3.63, 3.8) is 0 Å². The number of fused-ring (bicyclic) bond motifs is 6. The molecule has 1 aliphatic heterocycles. The predicted octanol–water partition coefficient (Wildman–Crippen LogP) is 2.85. The fourth-order valence-electron chi connectivity index (χ4n) is 5.22. The summed E-state index contributed by atoms with van der Waals surface area (Å²) in [5, 5.41) is 14.8. The molecule has 1 aliphatic carbocycles. The van der Waals surface area contributed by atoms with Crippen LogP contribution in [-0.2, 0) is 17.7 Å². The fraction of sp³-hybridized carbons (Fsp3) is 0.192. The molecule has 0 bridgehead atoms. The van der Waals surface area contributed by atoms with Crippen LogP contribution in [0.4, 0.5) is 5.69 Å². The van der Waals surface area contributed by atoms with Gasteiger partial charge in [-0.2, -0.15) is 0 Å². The number of anilines is 1. The van der Waals surface area contributed by atoms with Crippen LogP contribution in [0.3, 0.4) is 0 Å². The van der Waals surface area contributed by atoms with Crippen LogP contribution in [0, 0.1) is 6.92 Å². The van der Waals surface area contributed by atoms with Crippen molar-refractivity contribution in [1.29, 1.82) is 0 Å². The largest absolute Gasteiger partial charge is 0.454 e. The van der Waals surface area contributed by atoms with Gasteiger partial charge in [0.05, 0.1) is 11.1 Å². The van der Waals surface area contributed by atoms with Crippen molar-refractivity contribution in [3.05, 3.63) is 94.6 Å². The van der Waals surface area contributed by atoms with E-state index in [2.05, 4.69) is 10.3 Å². The molecule has 2 aliphatic rings. The fourth-order valence-corrected chi connectivity index (χ4v) is 5.22. The number of nitrogens with zero attached hydrogens (tertiary/aromatic N) is 2. The summed E-state index contributed by atoms with van der Waals surface area (Å²) in [6.45, 7) is 3.78. The minimum Gasteiger partial charge on any atom is -0.454 e. The summed E-state index contributed by atoms with van der Waals surface area (Å²) in [6, 6.07) is 15.6. The third kappa shape index (κ3) is 2.32. The SMILES string of the molecule is CCc1ccc2c(c1)OC1(O)c3cccc(N)c3C(=O)C21NC(=O)c1nc(C)n2ccccc12. The summed E-state index contributed by atoms with van der Waals surface area (Å²) >= 11 is 0. The van der Waals surface area contributed by atoms with Gasteiger partial charge in [0.15, 0.2) is 5.69 Å². The second-order valence-electron chi connectivity index (χ2n) is 8.70. The highest BCUT2D eigenvalue weighted by molar-refractivity contribution is 6.16. The number of benzene rings is 2. The Morgan fingerprint density at radius 1 is 1.18 bits per heavy atom. The number of pyridine rings is 1. The molecule has 34 heavy (non-hydrogen) atoms. The second-order valence-corrected chi connectivity index (χ2v) is 8.70. The first-order valence-electron chi connectivity index (χ1n) is 11.1. The zero-order chi connectivity index (χ0) is 23.8. The number of ketones is 1. The van der Waals surface area contributed by atoms with Crippen molar-refractivity contribution in [2.24, 2.45) is 0 Å². The lowest BCUT2D eigenvalue weighted by atomic mass is 9.82. The first kappa shape index (κ1) is 20.4. The number of imidazole rings is 1. The highest BCUT2D eigenvalue weighted by atomic mass is 16.6. The van der Waals surface area contributed by atoms with Crippen molar-refractivity contribution in [2.45, 2.75) is 31.6 Å². The molecule has 8 heteroatoms. The Bertz CT molecular complexity index is 1540. The van der Waals surface area contributed by atoms with Crippen LogP contribution in [0.15, 0.2) is 60.8 Å². The third-order valence-electron chi connectivity index (χ3n) is 6.89. The molecule has 2 aromatic carbocycles. The normalized spacial score (nSPS) is 22.3. The van der Waals surface area contributed by atoms with Gasteiger partial charge in [0, 0.05) is 23.0 Å². The van der Waals surface area contributed by atoms with Gasteiger partial charge in [-0.1, -0.05) is 37.3 Å². The monoisotopic (exact) mass is 454 g/mol. The topological polar surface area (TPSA) is 119 Å². The van der Waals surface area contributed by atoms with E-state index in [1.165, 1.54) is 0 Å². The molecule has 0 saturated carbocycles. The Morgan fingerprint density at radius 3 is 2.79 bits per heavy atom. The molecule has 8 nitrogen and oxygen atoms in total. The average Bonchev–Trinajstić information content (AvgIpc) is 3.37. The molecular weight excluding hydrogens is 432 g/mol. The van der Waals surface area contributed by atoms with E-state index >= 15 is 0 Å². The average molecular weight is 454 g/mol. The van der Waals surface area contributed by atoms with Crippen LogP contribution >= 0.6 is 0 Å².